The van der Waals surface area contributed by atoms with E-state index in [9.17, 15) is 4.39 Å². The summed E-state index contributed by atoms with van der Waals surface area (Å²) in [5.41, 5.74) is 5.32. The fourth-order valence-electron chi connectivity index (χ4n) is 2.42. The van der Waals surface area contributed by atoms with E-state index in [-0.39, 0.29) is 11.7 Å². The van der Waals surface area contributed by atoms with Crippen molar-refractivity contribution in [2.24, 2.45) is 0 Å². The van der Waals surface area contributed by atoms with Gasteiger partial charge in [-0.3, -0.25) is 0 Å². The summed E-state index contributed by atoms with van der Waals surface area (Å²) in [5, 5.41) is 0. The maximum absolute atomic E-state index is 13.0. The molecule has 0 aliphatic rings. The van der Waals surface area contributed by atoms with E-state index in [1.165, 1.54) is 17.7 Å². The molecule has 1 heteroatoms. The van der Waals surface area contributed by atoms with Gasteiger partial charge in [0.05, 0.1) is 0 Å². The molecule has 1 atom stereocenters. The van der Waals surface area contributed by atoms with Crippen LogP contribution in [0.25, 0.3) is 5.57 Å². The smallest absolute Gasteiger partial charge is 0.123 e. The van der Waals surface area contributed by atoms with Gasteiger partial charge in [0, 0.05) is 0 Å². The number of hydrogen-bond donors (Lipinski definition) is 0. The SMILES string of the molecule is C=C/C(=C\C(C)c1ccc(F)cc1)C(=C)c1cccc(C)c1. The van der Waals surface area contributed by atoms with Crippen molar-refractivity contribution >= 4 is 5.57 Å². The summed E-state index contributed by atoms with van der Waals surface area (Å²) in [6, 6.07) is 14.9. The fourth-order valence-corrected chi connectivity index (χ4v) is 2.42. The minimum absolute atomic E-state index is 0.162. The molecule has 0 aliphatic heterocycles. The number of allylic oxidation sites excluding steroid dienone is 4. The first-order valence-electron chi connectivity index (χ1n) is 7.37. The maximum atomic E-state index is 13.0. The Hall–Kier alpha value is -2.41. The Morgan fingerprint density at radius 1 is 1.14 bits per heavy atom. The summed E-state index contributed by atoms with van der Waals surface area (Å²) in [7, 11) is 0. The molecule has 0 fully saturated rings. The summed E-state index contributed by atoms with van der Waals surface area (Å²) in [6.45, 7) is 12.2. The molecule has 0 spiro atoms. The minimum atomic E-state index is -0.215. The second-order valence-corrected chi connectivity index (χ2v) is 5.51. The molecule has 0 nitrogen and oxygen atoms in total. The predicted molar refractivity (Wildman–Crippen MR) is 93.3 cm³/mol. The molecule has 0 radical (unpaired) electrons. The highest BCUT2D eigenvalue weighted by molar-refractivity contribution is 5.80. The third-order valence-electron chi connectivity index (χ3n) is 3.76. The van der Waals surface area contributed by atoms with E-state index in [2.05, 4.69) is 51.3 Å². The topological polar surface area (TPSA) is 0 Å². The lowest BCUT2D eigenvalue weighted by molar-refractivity contribution is 0.626. The normalized spacial score (nSPS) is 12.8. The van der Waals surface area contributed by atoms with Gasteiger partial charge < -0.3 is 0 Å². The summed E-state index contributed by atoms with van der Waals surface area (Å²) in [4.78, 5) is 0. The maximum Gasteiger partial charge on any atom is 0.123 e. The van der Waals surface area contributed by atoms with Crippen LogP contribution in [-0.2, 0) is 0 Å². The lowest BCUT2D eigenvalue weighted by Crippen LogP contribution is -1.94. The molecular formula is C21H21F. The van der Waals surface area contributed by atoms with Gasteiger partial charge in [0.1, 0.15) is 5.82 Å². The van der Waals surface area contributed by atoms with Crippen molar-refractivity contribution in [1.82, 2.24) is 0 Å². The number of aryl methyl sites for hydroxylation is 1. The zero-order valence-electron chi connectivity index (χ0n) is 13.1. The average Bonchev–Trinajstić information content (AvgIpc) is 2.52. The largest absolute Gasteiger partial charge is 0.207 e. The third kappa shape index (κ3) is 3.82. The predicted octanol–water partition coefficient (Wildman–Crippen LogP) is 6.06. The molecule has 0 bridgehead atoms. The summed E-state index contributed by atoms with van der Waals surface area (Å²) in [5.74, 6) is -0.0526. The van der Waals surface area contributed by atoms with Crippen LogP contribution in [0.2, 0.25) is 0 Å². The second kappa shape index (κ2) is 7.04. The van der Waals surface area contributed by atoms with Gasteiger partial charge in [-0.2, -0.15) is 0 Å². The summed E-state index contributed by atoms with van der Waals surface area (Å²) < 4.78 is 13.0. The second-order valence-electron chi connectivity index (χ2n) is 5.51. The Balaban J connectivity index is 2.28. The quantitative estimate of drug-likeness (QED) is 0.587. The van der Waals surface area contributed by atoms with Crippen LogP contribution in [0.4, 0.5) is 4.39 Å². The molecule has 22 heavy (non-hydrogen) atoms. The van der Waals surface area contributed by atoms with Gasteiger partial charge in [0.25, 0.3) is 0 Å². The molecule has 0 saturated heterocycles. The zero-order chi connectivity index (χ0) is 16.1. The Morgan fingerprint density at radius 2 is 1.82 bits per heavy atom. The van der Waals surface area contributed by atoms with Gasteiger partial charge in [0.2, 0.25) is 0 Å². The van der Waals surface area contributed by atoms with E-state index in [0.717, 1.165) is 22.3 Å². The number of hydrogen-bond acceptors (Lipinski definition) is 0. The van der Waals surface area contributed by atoms with E-state index in [1.807, 2.05) is 24.3 Å². The molecule has 2 aromatic rings. The van der Waals surface area contributed by atoms with Crippen molar-refractivity contribution in [3.8, 4) is 0 Å². The Labute approximate surface area is 132 Å². The standard InChI is InChI=1S/C21H21F/c1-5-18(17(4)20-8-6-7-15(2)13-20)14-16(3)19-9-11-21(22)12-10-19/h5-14,16H,1,4H2,2-3H3/b18-14+. The van der Waals surface area contributed by atoms with Crippen LogP contribution >= 0.6 is 0 Å². The molecule has 0 N–H and O–H groups in total. The minimum Gasteiger partial charge on any atom is -0.207 e. The van der Waals surface area contributed by atoms with Crippen molar-refractivity contribution in [3.05, 3.63) is 102 Å². The molecule has 112 valence electrons. The molecule has 0 aliphatic carbocycles. The van der Waals surface area contributed by atoms with E-state index >= 15 is 0 Å². The van der Waals surface area contributed by atoms with E-state index in [4.69, 9.17) is 0 Å². The highest BCUT2D eigenvalue weighted by Gasteiger charge is 2.07. The zero-order valence-corrected chi connectivity index (χ0v) is 13.1. The van der Waals surface area contributed by atoms with Crippen LogP contribution < -0.4 is 0 Å². The van der Waals surface area contributed by atoms with Crippen LogP contribution in [0.3, 0.4) is 0 Å². The molecule has 0 amide bonds. The van der Waals surface area contributed by atoms with E-state index in [0.29, 0.717) is 0 Å². The van der Waals surface area contributed by atoms with Crippen molar-refractivity contribution in [3.63, 3.8) is 0 Å². The van der Waals surface area contributed by atoms with Crippen molar-refractivity contribution in [2.45, 2.75) is 19.8 Å². The van der Waals surface area contributed by atoms with Gasteiger partial charge >= 0.3 is 0 Å². The van der Waals surface area contributed by atoms with Crippen LogP contribution in [0.1, 0.15) is 29.5 Å². The molecule has 0 heterocycles. The van der Waals surface area contributed by atoms with E-state index < -0.39 is 0 Å². The van der Waals surface area contributed by atoms with E-state index in [1.54, 1.807) is 0 Å². The molecule has 0 aromatic heterocycles. The van der Waals surface area contributed by atoms with Gasteiger partial charge in [0.15, 0.2) is 0 Å². The average molecular weight is 292 g/mol. The summed E-state index contributed by atoms with van der Waals surface area (Å²) in [6.07, 6.45) is 3.94. The van der Waals surface area contributed by atoms with Crippen LogP contribution in [0, 0.1) is 12.7 Å². The highest BCUT2D eigenvalue weighted by Crippen LogP contribution is 2.27. The monoisotopic (exact) mass is 292 g/mol. The van der Waals surface area contributed by atoms with Crippen molar-refractivity contribution in [1.29, 1.82) is 0 Å². The first kappa shape index (κ1) is 16.0. The lowest BCUT2D eigenvalue weighted by atomic mass is 9.92. The van der Waals surface area contributed by atoms with Crippen LogP contribution in [0.15, 0.2) is 79.4 Å². The highest BCUT2D eigenvalue weighted by atomic mass is 19.1. The Morgan fingerprint density at radius 3 is 2.41 bits per heavy atom. The van der Waals surface area contributed by atoms with Gasteiger partial charge in [-0.05, 0) is 47.2 Å². The first-order valence-corrected chi connectivity index (χ1v) is 7.37. The third-order valence-corrected chi connectivity index (χ3v) is 3.76. The number of benzene rings is 2. The molecule has 0 saturated carbocycles. The van der Waals surface area contributed by atoms with Gasteiger partial charge in [-0.25, -0.2) is 4.39 Å². The van der Waals surface area contributed by atoms with Crippen molar-refractivity contribution < 1.29 is 4.39 Å². The lowest BCUT2D eigenvalue weighted by Gasteiger charge is -2.12. The Bertz CT molecular complexity index is 705. The first-order chi connectivity index (χ1) is 10.5. The Kier molecular flexibility index (Phi) is 5.11. The molecule has 2 rings (SSSR count). The van der Waals surface area contributed by atoms with Gasteiger partial charge in [-0.15, -0.1) is 0 Å². The van der Waals surface area contributed by atoms with Crippen LogP contribution in [0.5, 0.6) is 0 Å². The summed E-state index contributed by atoms with van der Waals surface area (Å²) >= 11 is 0. The molecule has 1 unspecified atom stereocenters. The number of rotatable bonds is 5. The van der Waals surface area contributed by atoms with Crippen LogP contribution in [-0.4, -0.2) is 0 Å². The molecule has 2 aromatic carbocycles. The van der Waals surface area contributed by atoms with Gasteiger partial charge in [-0.1, -0.05) is 74.2 Å². The number of halogens is 1. The fraction of sp³-hybridized carbons (Fsp3) is 0.143. The molecular weight excluding hydrogens is 271 g/mol. The van der Waals surface area contributed by atoms with Crippen molar-refractivity contribution in [2.75, 3.05) is 0 Å².